The number of allylic oxidation sites excluding steroid dienone is 1. The molecule has 11 heteroatoms. The Labute approximate surface area is 230 Å². The van der Waals surface area contributed by atoms with Crippen molar-refractivity contribution in [3.05, 3.63) is 89.0 Å². The molecule has 4 rings (SSSR count). The maximum absolute atomic E-state index is 13.8. The summed E-state index contributed by atoms with van der Waals surface area (Å²) in [7, 11) is 1.53. The van der Waals surface area contributed by atoms with E-state index in [1.807, 2.05) is 12.1 Å². The van der Waals surface area contributed by atoms with Crippen LogP contribution in [0.4, 0.5) is 0 Å². The smallest absolute Gasteiger partial charge is 0.341 e. The zero-order valence-corrected chi connectivity index (χ0v) is 23.5. The predicted octanol–water partition coefficient (Wildman–Crippen LogP) is 3.42. The van der Waals surface area contributed by atoms with Gasteiger partial charge in [0.15, 0.2) is 11.4 Å². The SMILES string of the molecule is COc1ccc(Br)cc1[C@H]1C(C(=O)OC(C)C)=C(C)N=c2s/c(=C\c3ccc(OCC(=O)O)cc3)c(=O)n21. The lowest BCUT2D eigenvalue weighted by Crippen LogP contribution is -2.40. The average Bonchev–Trinajstić information content (AvgIpc) is 3.16. The Morgan fingerprint density at radius 1 is 1.21 bits per heavy atom. The highest BCUT2D eigenvalue weighted by atomic mass is 79.9. The van der Waals surface area contributed by atoms with Crippen LogP contribution < -0.4 is 24.4 Å². The Morgan fingerprint density at radius 3 is 2.55 bits per heavy atom. The van der Waals surface area contributed by atoms with E-state index < -0.39 is 24.6 Å². The van der Waals surface area contributed by atoms with Gasteiger partial charge in [0.1, 0.15) is 17.5 Å². The number of thiazole rings is 1. The minimum atomic E-state index is -1.07. The second kappa shape index (κ2) is 11.4. The molecule has 9 nitrogen and oxygen atoms in total. The van der Waals surface area contributed by atoms with Crippen molar-refractivity contribution in [2.45, 2.75) is 32.9 Å². The Balaban J connectivity index is 1.87. The molecule has 2 aromatic carbocycles. The number of halogens is 1. The van der Waals surface area contributed by atoms with E-state index in [1.54, 1.807) is 57.2 Å². The first-order chi connectivity index (χ1) is 18.1. The summed E-state index contributed by atoms with van der Waals surface area (Å²) < 4.78 is 19.0. The van der Waals surface area contributed by atoms with Gasteiger partial charge in [0.25, 0.3) is 5.56 Å². The number of carbonyl (C=O) groups excluding carboxylic acids is 1. The van der Waals surface area contributed by atoms with Crippen molar-refractivity contribution < 1.29 is 28.9 Å². The summed E-state index contributed by atoms with van der Waals surface area (Å²) in [5.41, 5.74) is 1.71. The molecule has 2 heterocycles. The first kappa shape index (κ1) is 27.3. The van der Waals surface area contributed by atoms with Gasteiger partial charge in [0, 0.05) is 10.0 Å². The Morgan fingerprint density at radius 2 is 1.92 bits per heavy atom. The number of esters is 1. The van der Waals surface area contributed by atoms with Gasteiger partial charge < -0.3 is 19.3 Å². The minimum Gasteiger partial charge on any atom is -0.496 e. The highest BCUT2D eigenvalue weighted by Crippen LogP contribution is 2.37. The summed E-state index contributed by atoms with van der Waals surface area (Å²) in [5, 5.41) is 8.78. The largest absolute Gasteiger partial charge is 0.496 e. The third-order valence-electron chi connectivity index (χ3n) is 5.61. The van der Waals surface area contributed by atoms with Crippen LogP contribution >= 0.6 is 27.3 Å². The van der Waals surface area contributed by atoms with Crippen LogP contribution in [0.2, 0.25) is 0 Å². The van der Waals surface area contributed by atoms with Gasteiger partial charge in [-0.2, -0.15) is 0 Å². The van der Waals surface area contributed by atoms with Crippen LogP contribution in [-0.4, -0.2) is 41.4 Å². The quantitative estimate of drug-likeness (QED) is 0.394. The molecule has 38 heavy (non-hydrogen) atoms. The zero-order chi connectivity index (χ0) is 27.6. The molecule has 3 aromatic rings. The molecule has 1 atom stereocenters. The van der Waals surface area contributed by atoms with Crippen LogP contribution in [0.3, 0.4) is 0 Å². The predicted molar refractivity (Wildman–Crippen MR) is 145 cm³/mol. The molecule has 1 aliphatic rings. The van der Waals surface area contributed by atoms with Crippen molar-refractivity contribution in [3.8, 4) is 11.5 Å². The van der Waals surface area contributed by atoms with E-state index in [0.29, 0.717) is 37.7 Å². The third-order valence-corrected chi connectivity index (χ3v) is 7.09. The van der Waals surface area contributed by atoms with Gasteiger partial charge in [-0.1, -0.05) is 39.4 Å². The van der Waals surface area contributed by atoms with Crippen LogP contribution in [0.1, 0.15) is 37.9 Å². The van der Waals surface area contributed by atoms with Gasteiger partial charge in [-0.05, 0) is 62.7 Å². The molecular weight excluding hydrogens is 576 g/mol. The number of methoxy groups -OCH3 is 1. The van der Waals surface area contributed by atoms with Crippen LogP contribution in [0.25, 0.3) is 6.08 Å². The number of carboxylic acid groups (broad SMARTS) is 1. The first-order valence-corrected chi connectivity index (χ1v) is 13.2. The lowest BCUT2D eigenvalue weighted by atomic mass is 9.95. The molecule has 1 aliphatic heterocycles. The maximum atomic E-state index is 13.8. The van der Waals surface area contributed by atoms with Gasteiger partial charge in [-0.3, -0.25) is 9.36 Å². The van der Waals surface area contributed by atoms with Crippen LogP contribution in [0, 0.1) is 0 Å². The van der Waals surface area contributed by atoms with E-state index in [4.69, 9.17) is 19.3 Å². The van der Waals surface area contributed by atoms with Crippen LogP contribution in [0.5, 0.6) is 11.5 Å². The van der Waals surface area contributed by atoms with Gasteiger partial charge in [0.2, 0.25) is 0 Å². The standard InChI is InChI=1S/C27H25BrN2O7S/c1-14(2)37-26(34)23-15(3)29-27-30(24(23)19-12-17(28)7-10-20(19)35-4)25(33)21(38-27)11-16-5-8-18(9-6-16)36-13-22(31)32/h5-12,14,24H,13H2,1-4H3,(H,31,32)/b21-11-/t24-/m0/s1. The van der Waals surface area contributed by atoms with Gasteiger partial charge in [0.05, 0.1) is 29.0 Å². The second-order valence-electron chi connectivity index (χ2n) is 8.67. The molecule has 0 amide bonds. The van der Waals surface area contributed by atoms with Gasteiger partial charge in [-0.15, -0.1) is 0 Å². The summed E-state index contributed by atoms with van der Waals surface area (Å²) >= 11 is 4.70. The number of fused-ring (bicyclic) bond motifs is 1. The Hall–Kier alpha value is -3.70. The van der Waals surface area contributed by atoms with Crippen molar-refractivity contribution in [3.63, 3.8) is 0 Å². The van der Waals surface area contributed by atoms with Crippen molar-refractivity contribution >= 4 is 45.3 Å². The lowest BCUT2D eigenvalue weighted by molar-refractivity contribution is -0.143. The fourth-order valence-electron chi connectivity index (χ4n) is 4.03. The molecule has 0 fully saturated rings. The number of hydrogen-bond donors (Lipinski definition) is 1. The van der Waals surface area contributed by atoms with E-state index in [2.05, 4.69) is 20.9 Å². The number of aromatic nitrogens is 1. The summed E-state index contributed by atoms with van der Waals surface area (Å²) in [6.07, 6.45) is 1.35. The molecule has 0 aliphatic carbocycles. The second-order valence-corrected chi connectivity index (χ2v) is 10.6. The van der Waals surface area contributed by atoms with Crippen molar-refractivity contribution in [1.29, 1.82) is 0 Å². The molecule has 198 valence electrons. The third kappa shape index (κ3) is 5.73. The van der Waals surface area contributed by atoms with Crippen molar-refractivity contribution in [2.24, 2.45) is 4.99 Å². The van der Waals surface area contributed by atoms with Gasteiger partial charge in [-0.25, -0.2) is 14.6 Å². The van der Waals surface area contributed by atoms with E-state index in [9.17, 15) is 14.4 Å². The molecular formula is C27H25BrN2O7S. The normalized spacial score (nSPS) is 15.2. The summed E-state index contributed by atoms with van der Waals surface area (Å²) in [6, 6.07) is 11.3. The van der Waals surface area contributed by atoms with E-state index in [0.717, 1.165) is 4.47 Å². The van der Waals surface area contributed by atoms with E-state index in [1.165, 1.54) is 23.0 Å². The molecule has 1 aromatic heterocycles. The summed E-state index contributed by atoms with van der Waals surface area (Å²) in [5.74, 6) is -0.718. The zero-order valence-electron chi connectivity index (χ0n) is 21.1. The number of rotatable bonds is 8. The molecule has 0 saturated heterocycles. The van der Waals surface area contributed by atoms with Crippen LogP contribution in [0.15, 0.2) is 68.0 Å². The lowest BCUT2D eigenvalue weighted by Gasteiger charge is -2.26. The highest BCUT2D eigenvalue weighted by Gasteiger charge is 2.35. The molecule has 0 saturated carbocycles. The number of nitrogens with zero attached hydrogens (tertiary/aromatic N) is 2. The molecule has 1 N–H and O–H groups in total. The number of ether oxygens (including phenoxy) is 3. The van der Waals surface area contributed by atoms with Crippen molar-refractivity contribution in [2.75, 3.05) is 13.7 Å². The number of carbonyl (C=O) groups is 2. The topological polar surface area (TPSA) is 116 Å². The number of benzene rings is 2. The Kier molecular flexibility index (Phi) is 8.17. The maximum Gasteiger partial charge on any atom is 0.341 e. The van der Waals surface area contributed by atoms with E-state index >= 15 is 0 Å². The molecule has 0 spiro atoms. The van der Waals surface area contributed by atoms with Crippen molar-refractivity contribution in [1.82, 2.24) is 4.57 Å². The first-order valence-electron chi connectivity index (χ1n) is 11.6. The molecule has 0 bridgehead atoms. The summed E-state index contributed by atoms with van der Waals surface area (Å²) in [4.78, 5) is 42.8. The molecule has 0 radical (unpaired) electrons. The Bertz CT molecular complexity index is 1600. The van der Waals surface area contributed by atoms with E-state index in [-0.39, 0.29) is 17.2 Å². The monoisotopic (exact) mass is 600 g/mol. The number of aliphatic carboxylic acids is 1. The highest BCUT2D eigenvalue weighted by molar-refractivity contribution is 9.10. The number of hydrogen-bond acceptors (Lipinski definition) is 8. The molecule has 0 unspecified atom stereocenters. The van der Waals surface area contributed by atoms with Crippen LogP contribution in [-0.2, 0) is 14.3 Å². The van der Waals surface area contributed by atoms with Gasteiger partial charge >= 0.3 is 11.9 Å². The summed E-state index contributed by atoms with van der Waals surface area (Å²) in [6.45, 7) is 4.80. The number of carboxylic acids is 1. The fourth-order valence-corrected chi connectivity index (χ4v) is 5.46. The average molecular weight is 601 g/mol. The fraction of sp³-hybridized carbons (Fsp3) is 0.259. The minimum absolute atomic E-state index is 0.258.